The van der Waals surface area contributed by atoms with Gasteiger partial charge in [-0.2, -0.15) is 0 Å². The molecule has 1 unspecified atom stereocenters. The van der Waals surface area contributed by atoms with Crippen LogP contribution in [0.5, 0.6) is 0 Å². The lowest BCUT2D eigenvalue weighted by Crippen LogP contribution is -2.40. The molecule has 0 aliphatic heterocycles. The number of carbonyl (C=O) groups is 1. The molecule has 1 atom stereocenters. The van der Waals surface area contributed by atoms with Crippen molar-refractivity contribution < 1.29 is 18.7 Å². The van der Waals surface area contributed by atoms with Gasteiger partial charge in [-0.3, -0.25) is 4.99 Å². The van der Waals surface area contributed by atoms with Crippen LogP contribution in [0.2, 0.25) is 0 Å². The van der Waals surface area contributed by atoms with E-state index in [0.717, 1.165) is 23.6 Å². The number of nitrogens with one attached hydrogen (secondary N) is 2. The highest BCUT2D eigenvalue weighted by atomic mass is 32.1. The molecule has 0 fully saturated rings. The number of carbonyl (C=O) groups excluding carboxylic acids is 1. The Bertz CT molecular complexity index is 789. The zero-order valence-electron chi connectivity index (χ0n) is 18.2. The van der Waals surface area contributed by atoms with Crippen molar-refractivity contribution in [2.24, 2.45) is 4.99 Å². The summed E-state index contributed by atoms with van der Waals surface area (Å²) in [7, 11) is 0. The molecule has 0 aliphatic rings. The summed E-state index contributed by atoms with van der Waals surface area (Å²) in [4.78, 5) is 21.8. The van der Waals surface area contributed by atoms with Gasteiger partial charge in [-0.25, -0.2) is 9.78 Å². The molecule has 0 spiro atoms. The summed E-state index contributed by atoms with van der Waals surface area (Å²) >= 11 is 1.35. The molecule has 166 valence electrons. The molecule has 9 heteroatoms. The van der Waals surface area contributed by atoms with Gasteiger partial charge < -0.3 is 24.5 Å². The molecule has 0 aliphatic carbocycles. The fraction of sp³-hybridized carbons (Fsp3) is 0.571. The third kappa shape index (κ3) is 7.79. The van der Waals surface area contributed by atoms with Crippen molar-refractivity contribution in [1.29, 1.82) is 0 Å². The van der Waals surface area contributed by atoms with Gasteiger partial charge in [0.1, 0.15) is 15.6 Å². The minimum absolute atomic E-state index is 0.112. The number of aliphatic imine (C=N–C) groups is 1. The largest absolute Gasteiger partial charge is 0.469 e. The van der Waals surface area contributed by atoms with E-state index in [1.807, 2.05) is 32.9 Å². The molecular weight excluding hydrogens is 404 g/mol. The Balaban J connectivity index is 1.98. The topological polar surface area (TPSA) is 98.0 Å². The van der Waals surface area contributed by atoms with Crippen LogP contribution in [0.4, 0.5) is 0 Å². The van der Waals surface area contributed by atoms with Crippen LogP contribution >= 0.6 is 11.3 Å². The van der Waals surface area contributed by atoms with E-state index in [2.05, 4.69) is 20.6 Å². The van der Waals surface area contributed by atoms with E-state index in [4.69, 9.17) is 13.9 Å². The molecule has 2 aromatic heterocycles. The standard InChI is InChI=1S/C21H32N4O4S/c1-5-27-13-8-11-22-21(23-12-10-17-9-7-14-29-17)25-16(4)19-24-15(3)18(30-19)20(26)28-6-2/h7,9,14,16H,5-6,8,10-13H2,1-4H3,(H2,22,23,25). The second-order valence-electron chi connectivity index (χ2n) is 6.59. The number of nitrogens with zero attached hydrogens (tertiary/aromatic N) is 2. The second kappa shape index (κ2) is 13.0. The van der Waals surface area contributed by atoms with Crippen LogP contribution < -0.4 is 10.6 Å². The number of furan rings is 1. The first-order chi connectivity index (χ1) is 14.5. The van der Waals surface area contributed by atoms with Crippen molar-refractivity contribution in [3.05, 3.63) is 39.7 Å². The summed E-state index contributed by atoms with van der Waals surface area (Å²) < 4.78 is 15.9. The molecule has 0 saturated carbocycles. The first-order valence-electron chi connectivity index (χ1n) is 10.3. The quantitative estimate of drug-likeness (QED) is 0.227. The van der Waals surface area contributed by atoms with Crippen LogP contribution in [0.25, 0.3) is 0 Å². The molecule has 0 saturated heterocycles. The number of ether oxygens (including phenoxy) is 2. The van der Waals surface area contributed by atoms with Crippen LogP contribution in [0.1, 0.15) is 59.4 Å². The summed E-state index contributed by atoms with van der Waals surface area (Å²) in [6.45, 7) is 10.7. The Hall–Kier alpha value is -2.39. The van der Waals surface area contributed by atoms with E-state index < -0.39 is 0 Å². The Labute approximate surface area is 182 Å². The molecule has 2 rings (SSSR count). The van der Waals surface area contributed by atoms with E-state index in [-0.39, 0.29) is 12.0 Å². The lowest BCUT2D eigenvalue weighted by molar-refractivity contribution is 0.0531. The highest BCUT2D eigenvalue weighted by Crippen LogP contribution is 2.24. The molecule has 2 N–H and O–H groups in total. The van der Waals surface area contributed by atoms with Crippen molar-refractivity contribution >= 4 is 23.3 Å². The van der Waals surface area contributed by atoms with Gasteiger partial charge in [-0.1, -0.05) is 0 Å². The first kappa shape index (κ1) is 23.9. The van der Waals surface area contributed by atoms with Gasteiger partial charge in [0, 0.05) is 32.7 Å². The normalized spacial score (nSPS) is 12.6. The number of aryl methyl sites for hydroxylation is 1. The third-order valence-electron chi connectivity index (χ3n) is 4.16. The smallest absolute Gasteiger partial charge is 0.350 e. The average molecular weight is 437 g/mol. The van der Waals surface area contributed by atoms with Crippen LogP contribution in [0.3, 0.4) is 0 Å². The van der Waals surface area contributed by atoms with Crippen LogP contribution in [0.15, 0.2) is 27.8 Å². The molecule has 30 heavy (non-hydrogen) atoms. The summed E-state index contributed by atoms with van der Waals surface area (Å²) in [5.41, 5.74) is 0.683. The number of thiazole rings is 1. The van der Waals surface area contributed by atoms with Gasteiger partial charge in [0.05, 0.1) is 24.6 Å². The number of esters is 1. The van der Waals surface area contributed by atoms with Crippen LogP contribution in [-0.4, -0.2) is 49.8 Å². The van der Waals surface area contributed by atoms with E-state index in [1.54, 1.807) is 13.2 Å². The Morgan fingerprint density at radius 2 is 2.20 bits per heavy atom. The van der Waals surface area contributed by atoms with Gasteiger partial charge in [-0.05, 0) is 46.2 Å². The summed E-state index contributed by atoms with van der Waals surface area (Å²) in [6.07, 6.45) is 3.27. The van der Waals surface area contributed by atoms with Crippen molar-refractivity contribution in [2.75, 3.05) is 32.9 Å². The molecule has 0 radical (unpaired) electrons. The highest BCUT2D eigenvalue weighted by Gasteiger charge is 2.20. The maximum absolute atomic E-state index is 12.1. The van der Waals surface area contributed by atoms with E-state index >= 15 is 0 Å². The van der Waals surface area contributed by atoms with Gasteiger partial charge in [0.15, 0.2) is 5.96 Å². The number of rotatable bonds is 12. The second-order valence-corrected chi connectivity index (χ2v) is 7.62. The summed E-state index contributed by atoms with van der Waals surface area (Å²) in [6, 6.07) is 3.72. The predicted octanol–water partition coefficient (Wildman–Crippen LogP) is 3.49. The molecule has 8 nitrogen and oxygen atoms in total. The number of hydrogen-bond donors (Lipinski definition) is 2. The average Bonchev–Trinajstić information content (AvgIpc) is 3.37. The first-order valence-corrected chi connectivity index (χ1v) is 11.2. The highest BCUT2D eigenvalue weighted by molar-refractivity contribution is 7.13. The zero-order chi connectivity index (χ0) is 21.8. The van der Waals surface area contributed by atoms with Gasteiger partial charge in [-0.15, -0.1) is 11.3 Å². The fourth-order valence-electron chi connectivity index (χ4n) is 2.67. The maximum atomic E-state index is 12.1. The predicted molar refractivity (Wildman–Crippen MR) is 118 cm³/mol. The van der Waals surface area contributed by atoms with Crippen molar-refractivity contribution in [3.8, 4) is 0 Å². The number of aromatic nitrogens is 1. The SMILES string of the molecule is CCOCCCN=C(NCCc1ccco1)NC(C)c1nc(C)c(C(=O)OCC)s1. The summed E-state index contributed by atoms with van der Waals surface area (Å²) in [5, 5.41) is 7.53. The molecule has 2 aromatic rings. The van der Waals surface area contributed by atoms with E-state index in [9.17, 15) is 4.79 Å². The van der Waals surface area contributed by atoms with Crippen molar-refractivity contribution in [1.82, 2.24) is 15.6 Å². The molecule has 0 bridgehead atoms. The van der Waals surface area contributed by atoms with E-state index in [0.29, 0.717) is 49.4 Å². The molecule has 0 aromatic carbocycles. The lowest BCUT2D eigenvalue weighted by Gasteiger charge is -2.16. The Morgan fingerprint density at radius 3 is 2.90 bits per heavy atom. The maximum Gasteiger partial charge on any atom is 0.350 e. The minimum Gasteiger partial charge on any atom is -0.469 e. The molecule has 0 amide bonds. The fourth-order valence-corrected chi connectivity index (χ4v) is 3.63. The summed E-state index contributed by atoms with van der Waals surface area (Å²) in [5.74, 6) is 1.28. The monoisotopic (exact) mass is 436 g/mol. The van der Waals surface area contributed by atoms with Gasteiger partial charge in [0.2, 0.25) is 0 Å². The van der Waals surface area contributed by atoms with Crippen LogP contribution in [-0.2, 0) is 15.9 Å². The molecule has 2 heterocycles. The van der Waals surface area contributed by atoms with Gasteiger partial charge in [0.25, 0.3) is 0 Å². The van der Waals surface area contributed by atoms with Crippen molar-refractivity contribution in [2.45, 2.75) is 46.6 Å². The van der Waals surface area contributed by atoms with Crippen molar-refractivity contribution in [3.63, 3.8) is 0 Å². The Kier molecular flexibility index (Phi) is 10.4. The van der Waals surface area contributed by atoms with Crippen LogP contribution in [0, 0.1) is 6.92 Å². The van der Waals surface area contributed by atoms with E-state index in [1.165, 1.54) is 11.3 Å². The third-order valence-corrected chi connectivity index (χ3v) is 5.48. The number of hydrogen-bond acceptors (Lipinski definition) is 7. The van der Waals surface area contributed by atoms with Gasteiger partial charge >= 0.3 is 5.97 Å². The Morgan fingerprint density at radius 1 is 1.37 bits per heavy atom. The number of guanidine groups is 1. The molecular formula is C21H32N4O4S. The minimum atomic E-state index is -0.327. The zero-order valence-corrected chi connectivity index (χ0v) is 19.0. The lowest BCUT2D eigenvalue weighted by atomic mass is 10.3.